The molecule has 2 atom stereocenters. The van der Waals surface area contributed by atoms with Crippen molar-refractivity contribution < 1.29 is 0 Å². The van der Waals surface area contributed by atoms with Crippen molar-refractivity contribution in [1.82, 2.24) is 10.3 Å². The summed E-state index contributed by atoms with van der Waals surface area (Å²) in [4.78, 5) is 4.36. The fourth-order valence-corrected chi connectivity index (χ4v) is 2.85. The first-order valence-corrected chi connectivity index (χ1v) is 6.89. The van der Waals surface area contributed by atoms with Crippen LogP contribution in [-0.4, -0.2) is 17.6 Å². The quantitative estimate of drug-likeness (QED) is 0.859. The molecule has 0 spiro atoms. The minimum absolute atomic E-state index is 0.233. The summed E-state index contributed by atoms with van der Waals surface area (Å²) in [6.45, 7) is 7.33. The monoisotopic (exact) mass is 247 g/mol. The Morgan fingerprint density at radius 2 is 2.28 bits per heavy atom. The Morgan fingerprint density at radius 1 is 1.50 bits per heavy atom. The van der Waals surface area contributed by atoms with E-state index >= 15 is 0 Å². The first-order valence-electron chi connectivity index (χ1n) is 6.89. The standard InChI is InChI=1S/C15H25N3/c1-11-4-5-12(10-17-11)14(9-16)18-13-6-7-15(2,3)8-13/h4-5,10,13-14,18H,6-9,16H2,1-3H3. The van der Waals surface area contributed by atoms with Gasteiger partial charge in [-0.15, -0.1) is 0 Å². The van der Waals surface area contributed by atoms with Crippen LogP contribution in [0.2, 0.25) is 0 Å². The summed E-state index contributed by atoms with van der Waals surface area (Å²) < 4.78 is 0. The van der Waals surface area contributed by atoms with Gasteiger partial charge in [0.05, 0.1) is 0 Å². The largest absolute Gasteiger partial charge is 0.329 e. The van der Waals surface area contributed by atoms with Crippen molar-refractivity contribution in [3.05, 3.63) is 29.6 Å². The molecule has 1 aliphatic rings. The normalized spacial score (nSPS) is 24.1. The van der Waals surface area contributed by atoms with Gasteiger partial charge in [-0.3, -0.25) is 4.98 Å². The number of rotatable bonds is 4. The fourth-order valence-electron chi connectivity index (χ4n) is 2.85. The molecular weight excluding hydrogens is 222 g/mol. The van der Waals surface area contributed by atoms with E-state index in [9.17, 15) is 0 Å². The maximum absolute atomic E-state index is 5.90. The molecule has 0 radical (unpaired) electrons. The maximum Gasteiger partial charge on any atom is 0.0462 e. The van der Waals surface area contributed by atoms with Gasteiger partial charge in [-0.05, 0) is 43.2 Å². The molecule has 0 bridgehead atoms. The van der Waals surface area contributed by atoms with Crippen LogP contribution in [0.3, 0.4) is 0 Å². The SMILES string of the molecule is Cc1ccc(C(CN)NC2CCC(C)(C)C2)cn1. The third-order valence-electron chi connectivity index (χ3n) is 3.98. The van der Waals surface area contributed by atoms with E-state index in [1.165, 1.54) is 24.8 Å². The van der Waals surface area contributed by atoms with Crippen molar-refractivity contribution in [3.8, 4) is 0 Å². The molecule has 18 heavy (non-hydrogen) atoms. The van der Waals surface area contributed by atoms with Gasteiger partial charge in [0.2, 0.25) is 0 Å². The van der Waals surface area contributed by atoms with Crippen LogP contribution in [0.5, 0.6) is 0 Å². The molecule has 100 valence electrons. The van der Waals surface area contributed by atoms with E-state index in [1.807, 2.05) is 13.1 Å². The van der Waals surface area contributed by atoms with Crippen molar-refractivity contribution in [1.29, 1.82) is 0 Å². The van der Waals surface area contributed by atoms with Crippen LogP contribution >= 0.6 is 0 Å². The Bertz CT molecular complexity index is 383. The van der Waals surface area contributed by atoms with E-state index in [4.69, 9.17) is 5.73 Å². The van der Waals surface area contributed by atoms with Crippen LogP contribution in [0.1, 0.15) is 50.4 Å². The highest BCUT2D eigenvalue weighted by molar-refractivity contribution is 5.18. The molecule has 1 aliphatic carbocycles. The molecule has 2 unspecified atom stereocenters. The summed E-state index contributed by atoms with van der Waals surface area (Å²) in [7, 11) is 0. The molecule has 1 fully saturated rings. The minimum Gasteiger partial charge on any atom is -0.329 e. The van der Waals surface area contributed by atoms with Crippen molar-refractivity contribution in [2.45, 2.75) is 52.1 Å². The van der Waals surface area contributed by atoms with Gasteiger partial charge in [-0.1, -0.05) is 19.9 Å². The molecule has 3 N–H and O–H groups in total. The summed E-state index contributed by atoms with van der Waals surface area (Å²) in [5.74, 6) is 0. The Labute approximate surface area is 110 Å². The zero-order chi connectivity index (χ0) is 13.2. The molecule has 0 aromatic carbocycles. The third-order valence-corrected chi connectivity index (χ3v) is 3.98. The molecule has 1 saturated carbocycles. The average Bonchev–Trinajstić information content (AvgIpc) is 2.67. The Kier molecular flexibility index (Phi) is 4.03. The highest BCUT2D eigenvalue weighted by Crippen LogP contribution is 2.37. The van der Waals surface area contributed by atoms with E-state index in [0.29, 0.717) is 18.0 Å². The number of nitrogens with one attached hydrogen (secondary N) is 1. The summed E-state index contributed by atoms with van der Waals surface area (Å²) in [5.41, 5.74) is 8.63. The lowest BCUT2D eigenvalue weighted by Crippen LogP contribution is -2.35. The molecule has 1 aromatic rings. The molecule has 2 rings (SSSR count). The topological polar surface area (TPSA) is 50.9 Å². The first kappa shape index (κ1) is 13.5. The van der Waals surface area contributed by atoms with Gasteiger partial charge in [0, 0.05) is 30.5 Å². The van der Waals surface area contributed by atoms with E-state index in [2.05, 4.69) is 36.3 Å². The van der Waals surface area contributed by atoms with Crippen LogP contribution in [-0.2, 0) is 0 Å². The second-order valence-electron chi connectivity index (χ2n) is 6.29. The highest BCUT2D eigenvalue weighted by atomic mass is 15.0. The van der Waals surface area contributed by atoms with Crippen LogP contribution in [0.25, 0.3) is 0 Å². The number of pyridine rings is 1. The van der Waals surface area contributed by atoms with E-state index in [1.54, 1.807) is 0 Å². The number of nitrogens with two attached hydrogens (primary N) is 1. The third kappa shape index (κ3) is 3.30. The first-order chi connectivity index (χ1) is 8.50. The Hall–Kier alpha value is -0.930. The summed E-state index contributed by atoms with van der Waals surface area (Å²) in [6.07, 6.45) is 5.74. The average molecular weight is 247 g/mol. The van der Waals surface area contributed by atoms with Gasteiger partial charge in [0.15, 0.2) is 0 Å². The van der Waals surface area contributed by atoms with Crippen molar-refractivity contribution in [2.24, 2.45) is 11.1 Å². The molecular formula is C15H25N3. The Balaban J connectivity index is 2.00. The molecule has 0 amide bonds. The lowest BCUT2D eigenvalue weighted by Gasteiger charge is -2.23. The number of aryl methyl sites for hydroxylation is 1. The van der Waals surface area contributed by atoms with E-state index in [-0.39, 0.29) is 6.04 Å². The van der Waals surface area contributed by atoms with Crippen molar-refractivity contribution in [3.63, 3.8) is 0 Å². The predicted octanol–water partition coefficient (Wildman–Crippen LogP) is 2.56. The number of nitrogens with zero attached hydrogens (tertiary/aromatic N) is 1. The van der Waals surface area contributed by atoms with Gasteiger partial charge < -0.3 is 11.1 Å². The molecule has 0 aliphatic heterocycles. The maximum atomic E-state index is 5.90. The lowest BCUT2D eigenvalue weighted by molar-refractivity contribution is 0.353. The second kappa shape index (κ2) is 5.37. The van der Waals surface area contributed by atoms with Gasteiger partial charge in [0.1, 0.15) is 0 Å². The van der Waals surface area contributed by atoms with Gasteiger partial charge in [-0.2, -0.15) is 0 Å². The van der Waals surface area contributed by atoms with Gasteiger partial charge in [0.25, 0.3) is 0 Å². The summed E-state index contributed by atoms with van der Waals surface area (Å²) in [6, 6.07) is 5.01. The van der Waals surface area contributed by atoms with Crippen LogP contribution in [0.4, 0.5) is 0 Å². The van der Waals surface area contributed by atoms with E-state index < -0.39 is 0 Å². The zero-order valence-electron chi connectivity index (χ0n) is 11.7. The number of hydrogen-bond acceptors (Lipinski definition) is 3. The predicted molar refractivity (Wildman–Crippen MR) is 75.3 cm³/mol. The van der Waals surface area contributed by atoms with Crippen molar-refractivity contribution >= 4 is 0 Å². The van der Waals surface area contributed by atoms with Gasteiger partial charge in [-0.25, -0.2) is 0 Å². The van der Waals surface area contributed by atoms with Crippen molar-refractivity contribution in [2.75, 3.05) is 6.54 Å². The second-order valence-corrected chi connectivity index (χ2v) is 6.29. The highest BCUT2D eigenvalue weighted by Gasteiger charge is 2.31. The van der Waals surface area contributed by atoms with Crippen LogP contribution in [0.15, 0.2) is 18.3 Å². The molecule has 0 saturated heterocycles. The molecule has 1 heterocycles. The number of aromatic nitrogens is 1. The zero-order valence-corrected chi connectivity index (χ0v) is 11.7. The summed E-state index contributed by atoms with van der Waals surface area (Å²) >= 11 is 0. The van der Waals surface area contributed by atoms with E-state index in [0.717, 1.165) is 5.69 Å². The molecule has 3 nitrogen and oxygen atoms in total. The minimum atomic E-state index is 0.233. The summed E-state index contributed by atoms with van der Waals surface area (Å²) in [5, 5.41) is 3.69. The van der Waals surface area contributed by atoms with Crippen LogP contribution < -0.4 is 11.1 Å². The smallest absolute Gasteiger partial charge is 0.0462 e. The van der Waals surface area contributed by atoms with Gasteiger partial charge >= 0.3 is 0 Å². The molecule has 3 heteroatoms. The molecule has 1 aromatic heterocycles. The van der Waals surface area contributed by atoms with Crippen LogP contribution in [0, 0.1) is 12.3 Å². The Morgan fingerprint density at radius 3 is 2.78 bits per heavy atom. The number of hydrogen-bond donors (Lipinski definition) is 2. The fraction of sp³-hybridized carbons (Fsp3) is 0.667. The lowest BCUT2D eigenvalue weighted by atomic mass is 9.91.